The van der Waals surface area contributed by atoms with E-state index in [0.717, 1.165) is 56.3 Å². The van der Waals surface area contributed by atoms with Crippen LogP contribution in [0.3, 0.4) is 0 Å². The Morgan fingerprint density at radius 3 is 2.40 bits per heavy atom. The monoisotopic (exact) mass is 307 g/mol. The average Bonchev–Trinajstić information content (AvgIpc) is 2.44. The molecule has 0 unspecified atom stereocenters. The molecule has 1 rings (SSSR count). The molecule has 0 aromatic rings. The van der Waals surface area contributed by atoms with Crippen molar-refractivity contribution in [3.63, 3.8) is 0 Å². The smallest absolute Gasteiger partial charge is 0.143 e. The van der Waals surface area contributed by atoms with Crippen LogP contribution in [0.15, 0.2) is 11.8 Å². The number of nitrogens with one attached hydrogen (secondary N) is 1. The van der Waals surface area contributed by atoms with Gasteiger partial charge in [0, 0.05) is 13.2 Å². The maximum Gasteiger partial charge on any atom is 0.143 e. The third kappa shape index (κ3) is 12.7. The Kier molecular flexibility index (Phi) is 12.3. The van der Waals surface area contributed by atoms with Gasteiger partial charge in [0.25, 0.3) is 0 Å². The number of ether oxygens (including phenoxy) is 2. The van der Waals surface area contributed by atoms with E-state index in [2.05, 4.69) is 25.7 Å². The van der Waals surface area contributed by atoms with Crippen molar-refractivity contribution in [1.29, 1.82) is 0 Å². The molecular formula is C14H31N2O3S+. The van der Waals surface area contributed by atoms with E-state index >= 15 is 0 Å². The quantitative estimate of drug-likeness (QED) is 0.322. The molecule has 0 atom stereocenters. The van der Waals surface area contributed by atoms with Crippen LogP contribution in [0.1, 0.15) is 20.8 Å². The summed E-state index contributed by atoms with van der Waals surface area (Å²) in [5, 5.41) is 0. The summed E-state index contributed by atoms with van der Waals surface area (Å²) in [5.74, 6) is 0.990. The minimum atomic E-state index is 0.718. The van der Waals surface area contributed by atoms with Gasteiger partial charge in [-0.3, -0.25) is 0 Å². The summed E-state index contributed by atoms with van der Waals surface area (Å²) < 4.78 is 19.5. The van der Waals surface area contributed by atoms with Gasteiger partial charge >= 0.3 is 0 Å². The molecule has 0 aliphatic carbocycles. The third-order valence-electron chi connectivity index (χ3n) is 2.98. The second-order valence-electron chi connectivity index (χ2n) is 5.11. The molecule has 1 heterocycles. The first-order valence-corrected chi connectivity index (χ1v) is 7.96. The first kappa shape index (κ1) is 19.7. The van der Waals surface area contributed by atoms with Gasteiger partial charge in [0.05, 0.1) is 40.5 Å². The van der Waals surface area contributed by atoms with E-state index in [1.165, 1.54) is 12.2 Å². The van der Waals surface area contributed by atoms with Gasteiger partial charge in [0.1, 0.15) is 24.5 Å². The largest absolute Gasteiger partial charge is 0.415 e. The van der Waals surface area contributed by atoms with E-state index in [9.17, 15) is 0 Å². The lowest BCUT2D eigenvalue weighted by atomic mass is 10.4. The van der Waals surface area contributed by atoms with Gasteiger partial charge in [-0.1, -0.05) is 0 Å². The molecule has 20 heavy (non-hydrogen) atoms. The molecule has 1 aliphatic rings. The van der Waals surface area contributed by atoms with Crippen LogP contribution in [0.2, 0.25) is 0 Å². The highest BCUT2D eigenvalue weighted by Gasteiger charge is 2.10. The molecule has 0 saturated carbocycles. The standard InChI is InChI=1S/C10H24NO2.C4H7NOS/c1-5-11(3,4)7-8-13-10-9-12-6-2;1-4-2-3-5-7-6-4/h5-10H2,1-4H3;2,5H,3H2,1H3/q+1;. The molecule has 0 spiro atoms. The van der Waals surface area contributed by atoms with Crippen molar-refractivity contribution >= 4 is 12.2 Å². The molecule has 0 bridgehead atoms. The topological polar surface area (TPSA) is 39.7 Å². The number of quaternary nitrogens is 1. The van der Waals surface area contributed by atoms with Gasteiger partial charge in [-0.15, -0.1) is 0 Å². The van der Waals surface area contributed by atoms with Gasteiger partial charge < -0.3 is 18.1 Å². The summed E-state index contributed by atoms with van der Waals surface area (Å²) in [5.41, 5.74) is 0. The maximum atomic E-state index is 5.43. The van der Waals surface area contributed by atoms with Gasteiger partial charge in [-0.25, -0.2) is 4.72 Å². The Bertz CT molecular complexity index is 261. The summed E-state index contributed by atoms with van der Waals surface area (Å²) in [6, 6.07) is 0. The highest BCUT2D eigenvalue weighted by Crippen LogP contribution is 2.09. The summed E-state index contributed by atoms with van der Waals surface area (Å²) >= 11 is 1.28. The van der Waals surface area contributed by atoms with Crippen LogP contribution in [-0.2, 0) is 13.7 Å². The maximum absolute atomic E-state index is 5.43. The zero-order valence-corrected chi connectivity index (χ0v) is 14.4. The molecular weight excluding hydrogens is 276 g/mol. The van der Waals surface area contributed by atoms with Gasteiger partial charge in [0.15, 0.2) is 0 Å². The Labute approximate surface area is 128 Å². The summed E-state index contributed by atoms with van der Waals surface area (Å²) in [6.45, 7) is 12.3. The van der Waals surface area contributed by atoms with Crippen LogP contribution in [0.5, 0.6) is 0 Å². The molecule has 1 N–H and O–H groups in total. The minimum absolute atomic E-state index is 0.718. The fraction of sp³-hybridized carbons (Fsp3) is 0.857. The second kappa shape index (κ2) is 12.5. The Morgan fingerprint density at radius 1 is 1.25 bits per heavy atom. The lowest BCUT2D eigenvalue weighted by molar-refractivity contribution is -0.888. The van der Waals surface area contributed by atoms with Crippen LogP contribution >= 0.6 is 12.2 Å². The predicted molar refractivity (Wildman–Crippen MR) is 85.3 cm³/mol. The molecule has 0 radical (unpaired) electrons. The van der Waals surface area contributed by atoms with E-state index in [-0.39, 0.29) is 0 Å². The predicted octanol–water partition coefficient (Wildman–Crippen LogP) is 2.21. The van der Waals surface area contributed by atoms with Crippen molar-refractivity contribution in [2.24, 2.45) is 0 Å². The Morgan fingerprint density at radius 2 is 1.95 bits per heavy atom. The van der Waals surface area contributed by atoms with Crippen LogP contribution in [0.4, 0.5) is 0 Å². The summed E-state index contributed by atoms with van der Waals surface area (Å²) in [6.07, 6.45) is 2.00. The minimum Gasteiger partial charge on any atom is -0.415 e. The van der Waals surface area contributed by atoms with Crippen molar-refractivity contribution in [2.45, 2.75) is 20.8 Å². The molecule has 0 aromatic heterocycles. The van der Waals surface area contributed by atoms with E-state index in [0.29, 0.717) is 0 Å². The van der Waals surface area contributed by atoms with Crippen molar-refractivity contribution in [2.75, 3.05) is 60.2 Å². The van der Waals surface area contributed by atoms with Crippen LogP contribution < -0.4 is 4.72 Å². The number of allylic oxidation sites excluding steroid dienone is 1. The van der Waals surface area contributed by atoms with E-state index in [1.54, 1.807) is 0 Å². The van der Waals surface area contributed by atoms with Gasteiger partial charge in [0.2, 0.25) is 0 Å². The molecule has 1 aliphatic heterocycles. The zero-order valence-electron chi connectivity index (χ0n) is 13.6. The molecule has 6 heteroatoms. The molecule has 0 aromatic carbocycles. The van der Waals surface area contributed by atoms with E-state index in [1.807, 2.05) is 19.9 Å². The normalized spacial score (nSPS) is 14.9. The lowest BCUT2D eigenvalue weighted by Gasteiger charge is -2.27. The fourth-order valence-electron chi connectivity index (χ4n) is 1.18. The molecule has 120 valence electrons. The lowest BCUT2D eigenvalue weighted by Crippen LogP contribution is -2.42. The van der Waals surface area contributed by atoms with Crippen molar-refractivity contribution in [1.82, 2.24) is 4.72 Å². The first-order valence-electron chi connectivity index (χ1n) is 7.22. The zero-order chi connectivity index (χ0) is 15.3. The van der Waals surface area contributed by atoms with Crippen LogP contribution in [-0.4, -0.2) is 64.6 Å². The first-order chi connectivity index (χ1) is 9.52. The van der Waals surface area contributed by atoms with Crippen molar-refractivity contribution in [3.8, 4) is 0 Å². The van der Waals surface area contributed by atoms with Crippen molar-refractivity contribution in [3.05, 3.63) is 11.8 Å². The molecule has 0 amide bonds. The SMILES string of the molecule is CC1=CCNSO1.CCOCCOCC[N+](C)(C)CC. The molecule has 0 saturated heterocycles. The van der Waals surface area contributed by atoms with Gasteiger partial charge in [-0.05, 0) is 26.8 Å². The van der Waals surface area contributed by atoms with Crippen LogP contribution in [0.25, 0.3) is 0 Å². The van der Waals surface area contributed by atoms with Crippen molar-refractivity contribution < 1.29 is 18.1 Å². The molecule has 0 fully saturated rings. The number of likely N-dealkylation sites (N-methyl/N-ethyl adjacent to an activating group) is 1. The number of rotatable bonds is 8. The Balaban J connectivity index is 0.000000428. The second-order valence-corrected chi connectivity index (χ2v) is 5.74. The van der Waals surface area contributed by atoms with Gasteiger partial charge in [-0.2, -0.15) is 0 Å². The third-order valence-corrected chi connectivity index (χ3v) is 3.61. The highest BCUT2D eigenvalue weighted by molar-refractivity contribution is 7.92. The van der Waals surface area contributed by atoms with E-state index < -0.39 is 0 Å². The molecule has 5 nitrogen and oxygen atoms in total. The summed E-state index contributed by atoms with van der Waals surface area (Å²) in [7, 11) is 4.43. The van der Waals surface area contributed by atoms with Crippen LogP contribution in [0, 0.1) is 0 Å². The number of hydrogen-bond acceptors (Lipinski definition) is 5. The number of hydrogen-bond donors (Lipinski definition) is 1. The van der Waals surface area contributed by atoms with E-state index in [4.69, 9.17) is 13.7 Å². The Hall–Kier alpha value is -0.270. The highest BCUT2D eigenvalue weighted by atomic mass is 32.2. The number of nitrogens with zero attached hydrogens (tertiary/aromatic N) is 1. The average molecular weight is 307 g/mol. The summed E-state index contributed by atoms with van der Waals surface area (Å²) in [4.78, 5) is 0. The fourth-order valence-corrected chi connectivity index (χ4v) is 1.59.